The highest BCUT2D eigenvalue weighted by molar-refractivity contribution is 6.36. The van der Waals surface area contributed by atoms with Gasteiger partial charge in [-0.25, -0.2) is 0 Å². The molecule has 7 nitrogen and oxygen atoms in total. The van der Waals surface area contributed by atoms with E-state index < -0.39 is 27.8 Å². The van der Waals surface area contributed by atoms with Crippen LogP contribution in [0.5, 0.6) is 0 Å². The van der Waals surface area contributed by atoms with E-state index in [1.54, 1.807) is 42.5 Å². The van der Waals surface area contributed by atoms with Crippen LogP contribution >= 0.6 is 0 Å². The van der Waals surface area contributed by atoms with Gasteiger partial charge in [0.1, 0.15) is 11.0 Å². The third kappa shape index (κ3) is 2.70. The number of ketones is 3. The zero-order valence-corrected chi connectivity index (χ0v) is 23.4. The number of Topliss-reactive ketones (excluding diaryl/α,β-unsaturated/α-hetero) is 3. The van der Waals surface area contributed by atoms with Crippen molar-refractivity contribution in [2.45, 2.75) is 30.5 Å². The number of hydrogen-bond donors (Lipinski definition) is 0. The molecule has 2 aliphatic heterocycles. The van der Waals surface area contributed by atoms with Gasteiger partial charge in [-0.3, -0.25) is 29.4 Å². The number of rotatable bonds is 2. The Kier molecular flexibility index (Phi) is 4.83. The fraction of sp³-hybridized carbons (Fsp3) is 0.162. The summed E-state index contributed by atoms with van der Waals surface area (Å²) in [5.74, 6) is -1.72. The number of nitro benzene ring substituents is 1. The van der Waals surface area contributed by atoms with E-state index in [0.29, 0.717) is 40.8 Å². The van der Waals surface area contributed by atoms with E-state index in [2.05, 4.69) is 11.0 Å². The van der Waals surface area contributed by atoms with E-state index in [4.69, 9.17) is 0 Å². The minimum atomic E-state index is -1.83. The number of carbonyl (C=O) groups is 3. The van der Waals surface area contributed by atoms with Crippen LogP contribution in [0.4, 0.5) is 5.69 Å². The number of benzene rings is 5. The zero-order chi connectivity index (χ0) is 30.0. The molecule has 2 spiro atoms. The van der Waals surface area contributed by atoms with E-state index in [-0.39, 0.29) is 23.0 Å². The maximum Gasteiger partial charge on any atom is 0.269 e. The number of non-ortho nitro benzene ring substituents is 1. The minimum absolute atomic E-state index is 0.0807. The molecule has 0 aromatic heterocycles. The number of carbonyl (C=O) groups excluding carboxylic acids is 3. The van der Waals surface area contributed by atoms with Crippen molar-refractivity contribution in [3.8, 4) is 0 Å². The zero-order valence-electron chi connectivity index (χ0n) is 23.4. The van der Waals surface area contributed by atoms with Gasteiger partial charge in [0.15, 0.2) is 17.3 Å². The summed E-state index contributed by atoms with van der Waals surface area (Å²) in [6.07, 6.45) is 0.512. The van der Waals surface area contributed by atoms with Crippen molar-refractivity contribution in [2.24, 2.45) is 5.41 Å². The molecule has 7 heteroatoms. The Labute approximate surface area is 251 Å². The Balaban J connectivity index is 1.44. The lowest BCUT2D eigenvalue weighted by molar-refractivity contribution is -0.384. The Morgan fingerprint density at radius 1 is 0.682 bits per heavy atom. The molecule has 1 saturated heterocycles. The molecule has 0 saturated carbocycles. The normalized spacial score (nSPS) is 24.2. The summed E-state index contributed by atoms with van der Waals surface area (Å²) >= 11 is 0. The summed E-state index contributed by atoms with van der Waals surface area (Å²) < 4.78 is 0. The highest BCUT2D eigenvalue weighted by atomic mass is 16.6. The first-order chi connectivity index (χ1) is 21.4. The minimum Gasteiger partial charge on any atom is -0.293 e. The molecule has 4 aliphatic rings. The van der Waals surface area contributed by atoms with Crippen molar-refractivity contribution in [1.82, 2.24) is 4.90 Å². The Hall–Kier alpha value is -5.27. The predicted molar refractivity (Wildman–Crippen MR) is 163 cm³/mol. The van der Waals surface area contributed by atoms with E-state index >= 15 is 14.4 Å². The van der Waals surface area contributed by atoms with Gasteiger partial charge in [0.2, 0.25) is 0 Å². The molecule has 5 aromatic rings. The van der Waals surface area contributed by atoms with Gasteiger partial charge in [0.25, 0.3) is 5.69 Å². The van der Waals surface area contributed by atoms with E-state index in [1.165, 1.54) is 12.1 Å². The second-order valence-electron chi connectivity index (χ2n) is 12.3. The second kappa shape index (κ2) is 8.42. The highest BCUT2D eigenvalue weighted by Gasteiger charge is 2.81. The van der Waals surface area contributed by atoms with Crippen molar-refractivity contribution in [1.29, 1.82) is 0 Å². The fourth-order valence-electron chi connectivity index (χ4n) is 9.07. The molecule has 2 heterocycles. The van der Waals surface area contributed by atoms with Crippen LogP contribution in [0.2, 0.25) is 0 Å². The van der Waals surface area contributed by atoms with Gasteiger partial charge in [-0.15, -0.1) is 0 Å². The van der Waals surface area contributed by atoms with Crippen molar-refractivity contribution in [3.05, 3.63) is 158 Å². The number of hydrogen-bond acceptors (Lipinski definition) is 6. The van der Waals surface area contributed by atoms with Crippen LogP contribution in [0.15, 0.2) is 109 Å². The van der Waals surface area contributed by atoms with Gasteiger partial charge in [0.05, 0.1) is 4.92 Å². The number of fused-ring (bicyclic) bond motifs is 6. The summed E-state index contributed by atoms with van der Waals surface area (Å²) in [5, 5.41) is 13.3. The molecule has 0 amide bonds. The summed E-state index contributed by atoms with van der Waals surface area (Å²) in [6.45, 7) is 0.374. The van der Waals surface area contributed by atoms with Crippen molar-refractivity contribution in [3.63, 3.8) is 0 Å². The van der Waals surface area contributed by atoms with Crippen molar-refractivity contribution >= 4 is 33.8 Å². The van der Waals surface area contributed by atoms with Gasteiger partial charge in [-0.05, 0) is 39.4 Å². The lowest BCUT2D eigenvalue weighted by atomic mass is 9.56. The Bertz CT molecular complexity index is 2110. The first kappa shape index (κ1) is 25.2. The summed E-state index contributed by atoms with van der Waals surface area (Å²) in [5.41, 5.74) is 1.08. The molecule has 3 unspecified atom stereocenters. The average Bonchev–Trinajstić information content (AvgIpc) is 3.56. The smallest absolute Gasteiger partial charge is 0.269 e. The molecular weight excluding hydrogens is 552 g/mol. The van der Waals surface area contributed by atoms with Gasteiger partial charge >= 0.3 is 0 Å². The standard InChI is InChI=1S/C37H24N2O5/c40-33-26-11-3-4-12-27(26)34(41)36(33)32(22-15-17-25(18-16-22)39(43)44)30-19-23-7-1-2-8-24(23)20-38(30)37(36)29-14-6-10-21-9-5-13-28(31(21)29)35(37)42/h1-18,30,32H,19-20H2. The van der Waals surface area contributed by atoms with E-state index in [1.807, 2.05) is 48.5 Å². The maximum atomic E-state index is 15.4. The molecule has 1 fully saturated rings. The van der Waals surface area contributed by atoms with Crippen LogP contribution in [0, 0.1) is 15.5 Å². The molecule has 0 N–H and O–H groups in total. The average molecular weight is 577 g/mol. The lowest BCUT2D eigenvalue weighted by Gasteiger charge is -2.45. The summed E-state index contributed by atoms with van der Waals surface area (Å²) in [6, 6.07) is 32.1. The Morgan fingerprint density at radius 3 is 1.98 bits per heavy atom. The van der Waals surface area contributed by atoms with Crippen LogP contribution in [0.25, 0.3) is 10.8 Å². The van der Waals surface area contributed by atoms with Crippen LogP contribution in [0.1, 0.15) is 59.2 Å². The highest BCUT2D eigenvalue weighted by Crippen LogP contribution is 2.70. The lowest BCUT2D eigenvalue weighted by Crippen LogP contribution is -2.60. The Morgan fingerprint density at radius 2 is 1.30 bits per heavy atom. The maximum absolute atomic E-state index is 15.4. The van der Waals surface area contributed by atoms with Gasteiger partial charge in [-0.1, -0.05) is 97.1 Å². The van der Waals surface area contributed by atoms with E-state index in [9.17, 15) is 10.1 Å². The third-order valence-electron chi connectivity index (χ3n) is 10.6. The SMILES string of the molecule is O=C1c2ccccc2C(=O)C12C(c1ccc([N+](=O)[O-])cc1)C1Cc3ccccc3CN1C21C(=O)c2cccc3cccc1c23. The quantitative estimate of drug-likeness (QED) is 0.137. The predicted octanol–water partition coefficient (Wildman–Crippen LogP) is 6.43. The largest absolute Gasteiger partial charge is 0.293 e. The summed E-state index contributed by atoms with van der Waals surface area (Å²) in [7, 11) is 0. The van der Waals surface area contributed by atoms with Gasteiger partial charge < -0.3 is 0 Å². The van der Waals surface area contributed by atoms with Crippen molar-refractivity contribution in [2.75, 3.05) is 0 Å². The topological polar surface area (TPSA) is 97.6 Å². The third-order valence-corrected chi connectivity index (χ3v) is 10.6. The van der Waals surface area contributed by atoms with Gasteiger partial charge in [-0.2, -0.15) is 0 Å². The van der Waals surface area contributed by atoms with Crippen LogP contribution < -0.4 is 0 Å². The molecule has 0 radical (unpaired) electrons. The molecule has 9 rings (SSSR count). The first-order valence-electron chi connectivity index (χ1n) is 14.7. The van der Waals surface area contributed by atoms with Crippen LogP contribution in [0.3, 0.4) is 0 Å². The van der Waals surface area contributed by atoms with Crippen molar-refractivity contribution < 1.29 is 19.3 Å². The van der Waals surface area contributed by atoms with Crippen LogP contribution in [-0.2, 0) is 18.5 Å². The first-order valence-corrected chi connectivity index (χ1v) is 14.7. The van der Waals surface area contributed by atoms with Crippen LogP contribution in [-0.4, -0.2) is 33.2 Å². The fourth-order valence-corrected chi connectivity index (χ4v) is 9.07. The van der Waals surface area contributed by atoms with E-state index in [0.717, 1.165) is 21.9 Å². The molecule has 44 heavy (non-hydrogen) atoms. The molecule has 212 valence electrons. The molecule has 5 aromatic carbocycles. The molecule has 0 bridgehead atoms. The molecule has 2 aliphatic carbocycles. The second-order valence-corrected chi connectivity index (χ2v) is 12.3. The number of nitrogens with zero attached hydrogens (tertiary/aromatic N) is 2. The number of nitro groups is 1. The summed E-state index contributed by atoms with van der Waals surface area (Å²) in [4.78, 5) is 59.2. The monoisotopic (exact) mass is 576 g/mol. The van der Waals surface area contributed by atoms with Gasteiger partial charge in [0, 0.05) is 47.3 Å². The molecule has 3 atom stereocenters. The molecular formula is C37H24N2O5.